The SMILES string of the molecule is CCC1(NC[C@]2(O)CCCN(CCCc3ccccc3)C2=O)CC1. The molecule has 1 heterocycles. The maximum Gasteiger partial charge on any atom is 0.255 e. The molecule has 1 saturated heterocycles. The van der Waals surface area contributed by atoms with Gasteiger partial charge in [0.1, 0.15) is 0 Å². The van der Waals surface area contributed by atoms with E-state index in [0.29, 0.717) is 13.0 Å². The second kappa shape index (κ2) is 7.24. The molecule has 1 atom stereocenters. The molecular formula is C20H30N2O2. The van der Waals surface area contributed by atoms with Crippen LogP contribution in [0, 0.1) is 0 Å². The number of carbonyl (C=O) groups is 1. The fourth-order valence-corrected chi connectivity index (χ4v) is 3.70. The van der Waals surface area contributed by atoms with E-state index in [1.165, 1.54) is 5.56 Å². The molecular weight excluding hydrogens is 300 g/mol. The minimum atomic E-state index is -1.21. The van der Waals surface area contributed by atoms with Gasteiger partial charge in [-0.15, -0.1) is 0 Å². The maximum absolute atomic E-state index is 12.8. The number of aryl methyl sites for hydroxylation is 1. The molecule has 2 aliphatic rings. The van der Waals surface area contributed by atoms with Crippen LogP contribution in [0.3, 0.4) is 0 Å². The number of aliphatic hydroxyl groups is 1. The minimum absolute atomic E-state index is 0.0822. The lowest BCUT2D eigenvalue weighted by molar-refractivity contribution is -0.156. The molecule has 1 amide bonds. The monoisotopic (exact) mass is 330 g/mol. The van der Waals surface area contributed by atoms with Crippen LogP contribution in [0.25, 0.3) is 0 Å². The van der Waals surface area contributed by atoms with Crippen LogP contribution in [0.1, 0.15) is 51.0 Å². The fraction of sp³-hybridized carbons (Fsp3) is 0.650. The van der Waals surface area contributed by atoms with Crippen LogP contribution in [0.2, 0.25) is 0 Å². The van der Waals surface area contributed by atoms with E-state index in [0.717, 1.165) is 51.6 Å². The van der Waals surface area contributed by atoms with Crippen molar-refractivity contribution in [1.29, 1.82) is 0 Å². The maximum atomic E-state index is 12.8. The number of nitrogens with zero attached hydrogens (tertiary/aromatic N) is 1. The Labute approximate surface area is 145 Å². The Bertz CT molecular complexity index is 556. The normalized spacial score (nSPS) is 25.8. The molecule has 1 saturated carbocycles. The highest BCUT2D eigenvalue weighted by molar-refractivity contribution is 5.86. The van der Waals surface area contributed by atoms with Crippen molar-refractivity contribution in [3.8, 4) is 0 Å². The summed E-state index contributed by atoms with van der Waals surface area (Å²) in [7, 11) is 0. The number of amides is 1. The Morgan fingerprint density at radius 3 is 2.62 bits per heavy atom. The molecule has 24 heavy (non-hydrogen) atoms. The third kappa shape index (κ3) is 3.98. The Morgan fingerprint density at radius 1 is 1.21 bits per heavy atom. The summed E-state index contributed by atoms with van der Waals surface area (Å²) in [6.45, 7) is 4.07. The van der Waals surface area contributed by atoms with Gasteiger partial charge in [-0.2, -0.15) is 0 Å². The molecule has 2 N–H and O–H groups in total. The van der Waals surface area contributed by atoms with Crippen molar-refractivity contribution < 1.29 is 9.90 Å². The van der Waals surface area contributed by atoms with E-state index in [1.54, 1.807) is 0 Å². The summed E-state index contributed by atoms with van der Waals surface area (Å²) >= 11 is 0. The standard InChI is InChI=1S/C20H30N2O2/c1-2-19(12-13-19)21-16-20(24)11-7-15-22(18(20)23)14-6-10-17-8-4-3-5-9-17/h3-5,8-9,21,24H,2,6-7,10-16H2,1H3/t20-/m1/s1. The zero-order valence-electron chi connectivity index (χ0n) is 14.8. The molecule has 0 bridgehead atoms. The second-order valence-electron chi connectivity index (χ2n) is 7.50. The predicted molar refractivity (Wildman–Crippen MR) is 95.8 cm³/mol. The summed E-state index contributed by atoms with van der Waals surface area (Å²) in [5, 5.41) is 14.3. The van der Waals surface area contributed by atoms with E-state index in [1.807, 2.05) is 23.1 Å². The molecule has 0 spiro atoms. The lowest BCUT2D eigenvalue weighted by atomic mass is 9.91. The molecule has 0 unspecified atom stereocenters. The topological polar surface area (TPSA) is 52.6 Å². The van der Waals surface area contributed by atoms with Crippen LogP contribution in [0.5, 0.6) is 0 Å². The lowest BCUT2D eigenvalue weighted by Gasteiger charge is -2.39. The first-order chi connectivity index (χ1) is 11.6. The highest BCUT2D eigenvalue weighted by atomic mass is 16.3. The van der Waals surface area contributed by atoms with Gasteiger partial charge in [-0.25, -0.2) is 0 Å². The summed E-state index contributed by atoms with van der Waals surface area (Å²) in [4.78, 5) is 14.6. The number of hydrogen-bond donors (Lipinski definition) is 2. The highest BCUT2D eigenvalue weighted by Gasteiger charge is 2.46. The molecule has 0 aromatic heterocycles. The van der Waals surface area contributed by atoms with E-state index >= 15 is 0 Å². The zero-order valence-corrected chi connectivity index (χ0v) is 14.8. The molecule has 3 rings (SSSR count). The Kier molecular flexibility index (Phi) is 5.26. The van der Waals surface area contributed by atoms with Crippen molar-refractivity contribution in [2.24, 2.45) is 0 Å². The molecule has 1 aromatic rings. The summed E-state index contributed by atoms with van der Waals surface area (Å²) < 4.78 is 0. The molecule has 1 aliphatic carbocycles. The van der Waals surface area contributed by atoms with Crippen molar-refractivity contribution in [2.45, 2.75) is 63.0 Å². The number of β-amino-alcohol motifs (C(OH)–C–C–N with tert-alkyl or cyclic N) is 1. The molecule has 4 heteroatoms. The summed E-state index contributed by atoms with van der Waals surface area (Å²) in [6, 6.07) is 10.4. The first kappa shape index (κ1) is 17.4. The third-order valence-electron chi connectivity index (χ3n) is 5.73. The summed E-state index contributed by atoms with van der Waals surface area (Å²) in [5.41, 5.74) is 0.277. The second-order valence-corrected chi connectivity index (χ2v) is 7.50. The predicted octanol–water partition coefficient (Wildman–Crippen LogP) is 2.50. The quantitative estimate of drug-likeness (QED) is 0.770. The Hall–Kier alpha value is -1.39. The lowest BCUT2D eigenvalue weighted by Crippen LogP contribution is -2.59. The Morgan fingerprint density at radius 2 is 1.96 bits per heavy atom. The average Bonchev–Trinajstić information content (AvgIpc) is 3.39. The molecule has 0 radical (unpaired) electrons. The van der Waals surface area contributed by atoms with Gasteiger partial charge >= 0.3 is 0 Å². The van der Waals surface area contributed by atoms with E-state index in [9.17, 15) is 9.90 Å². The van der Waals surface area contributed by atoms with Crippen LogP contribution in [0.15, 0.2) is 30.3 Å². The van der Waals surface area contributed by atoms with Gasteiger partial charge in [0.15, 0.2) is 5.60 Å². The average molecular weight is 330 g/mol. The van der Waals surface area contributed by atoms with Gasteiger partial charge in [0.05, 0.1) is 0 Å². The number of hydrogen-bond acceptors (Lipinski definition) is 3. The number of likely N-dealkylation sites (tertiary alicyclic amines) is 1. The van der Waals surface area contributed by atoms with Crippen molar-refractivity contribution in [2.75, 3.05) is 19.6 Å². The molecule has 1 aliphatic heterocycles. The van der Waals surface area contributed by atoms with Gasteiger partial charge in [-0.3, -0.25) is 4.79 Å². The van der Waals surface area contributed by atoms with Crippen molar-refractivity contribution in [3.05, 3.63) is 35.9 Å². The third-order valence-corrected chi connectivity index (χ3v) is 5.73. The molecule has 1 aromatic carbocycles. The van der Waals surface area contributed by atoms with Crippen LogP contribution < -0.4 is 5.32 Å². The number of carbonyl (C=O) groups excluding carboxylic acids is 1. The fourth-order valence-electron chi connectivity index (χ4n) is 3.70. The van der Waals surface area contributed by atoms with Crippen LogP contribution in [-0.4, -0.2) is 46.7 Å². The number of rotatable bonds is 8. The smallest absolute Gasteiger partial charge is 0.255 e. The van der Waals surface area contributed by atoms with Crippen LogP contribution in [-0.2, 0) is 11.2 Å². The van der Waals surface area contributed by atoms with Crippen LogP contribution >= 0.6 is 0 Å². The van der Waals surface area contributed by atoms with Gasteiger partial charge in [-0.1, -0.05) is 37.3 Å². The number of piperidine rings is 1. The summed E-state index contributed by atoms with van der Waals surface area (Å²) in [5.74, 6) is -0.0822. The first-order valence-electron chi connectivity index (χ1n) is 9.38. The van der Waals surface area contributed by atoms with Gasteiger partial charge in [0.2, 0.25) is 0 Å². The van der Waals surface area contributed by atoms with E-state index in [-0.39, 0.29) is 11.4 Å². The van der Waals surface area contributed by atoms with Crippen molar-refractivity contribution >= 4 is 5.91 Å². The highest BCUT2D eigenvalue weighted by Crippen LogP contribution is 2.39. The largest absolute Gasteiger partial charge is 0.379 e. The van der Waals surface area contributed by atoms with E-state index in [4.69, 9.17) is 0 Å². The summed E-state index contributed by atoms with van der Waals surface area (Å²) in [6.07, 6.45) is 6.77. The molecule has 4 nitrogen and oxygen atoms in total. The van der Waals surface area contributed by atoms with Crippen molar-refractivity contribution in [1.82, 2.24) is 10.2 Å². The van der Waals surface area contributed by atoms with Gasteiger partial charge < -0.3 is 15.3 Å². The molecule has 132 valence electrons. The zero-order chi connectivity index (χ0) is 17.0. The number of nitrogens with one attached hydrogen (secondary N) is 1. The van der Waals surface area contributed by atoms with Gasteiger partial charge in [0, 0.05) is 25.2 Å². The van der Waals surface area contributed by atoms with Crippen molar-refractivity contribution in [3.63, 3.8) is 0 Å². The minimum Gasteiger partial charge on any atom is -0.379 e. The van der Waals surface area contributed by atoms with E-state index in [2.05, 4.69) is 24.4 Å². The molecule has 2 fully saturated rings. The van der Waals surface area contributed by atoms with Crippen LogP contribution in [0.4, 0.5) is 0 Å². The Balaban J connectivity index is 1.50. The van der Waals surface area contributed by atoms with E-state index < -0.39 is 5.60 Å². The number of benzene rings is 1. The van der Waals surface area contributed by atoms with Gasteiger partial charge in [-0.05, 0) is 50.5 Å². The first-order valence-corrected chi connectivity index (χ1v) is 9.38. The van der Waals surface area contributed by atoms with Gasteiger partial charge in [0.25, 0.3) is 5.91 Å².